The normalized spacial score (nSPS) is 18.4. The smallest absolute Gasteiger partial charge is 0.227 e. The molecule has 0 radical (unpaired) electrons. The van der Waals surface area contributed by atoms with Crippen molar-refractivity contribution in [2.24, 2.45) is 11.7 Å². The van der Waals surface area contributed by atoms with Crippen LogP contribution in [0.15, 0.2) is 18.2 Å². The van der Waals surface area contributed by atoms with Crippen molar-refractivity contribution in [3.8, 4) is 5.75 Å². The number of carbonyl (C=O) groups is 1. The molecule has 0 bridgehead atoms. The summed E-state index contributed by atoms with van der Waals surface area (Å²) in [4.78, 5) is 14.0. The van der Waals surface area contributed by atoms with Crippen molar-refractivity contribution in [2.45, 2.75) is 25.7 Å². The van der Waals surface area contributed by atoms with Crippen molar-refractivity contribution < 1.29 is 9.53 Å². The van der Waals surface area contributed by atoms with Crippen molar-refractivity contribution in [3.05, 3.63) is 23.8 Å². The van der Waals surface area contributed by atoms with Gasteiger partial charge >= 0.3 is 0 Å². The third-order valence-corrected chi connectivity index (χ3v) is 3.78. The highest BCUT2D eigenvalue weighted by atomic mass is 16.5. The molecule has 1 aromatic carbocycles. The van der Waals surface area contributed by atoms with Crippen LogP contribution in [-0.2, 0) is 11.2 Å². The minimum atomic E-state index is 0.259. The van der Waals surface area contributed by atoms with Gasteiger partial charge in [-0.15, -0.1) is 0 Å². The predicted molar refractivity (Wildman–Crippen MR) is 74.4 cm³/mol. The molecule has 0 aromatic heterocycles. The molecule has 4 heteroatoms. The van der Waals surface area contributed by atoms with Crippen molar-refractivity contribution in [2.75, 3.05) is 24.6 Å². The molecule has 102 valence electrons. The first-order valence-electron chi connectivity index (χ1n) is 7.04. The number of nitrogens with two attached hydrogens (primary N) is 1. The fraction of sp³-hybridized carbons (Fsp3) is 0.533. The Bertz CT molecular complexity index is 483. The van der Waals surface area contributed by atoms with Gasteiger partial charge in [0, 0.05) is 25.2 Å². The number of carbonyl (C=O) groups excluding carboxylic acids is 1. The fourth-order valence-electron chi connectivity index (χ4n) is 2.56. The maximum absolute atomic E-state index is 12.1. The van der Waals surface area contributed by atoms with Crippen molar-refractivity contribution in [3.63, 3.8) is 0 Å². The van der Waals surface area contributed by atoms with E-state index in [0.717, 1.165) is 24.4 Å². The van der Waals surface area contributed by atoms with Crippen LogP contribution in [0.25, 0.3) is 0 Å². The first-order chi connectivity index (χ1) is 9.28. The van der Waals surface area contributed by atoms with E-state index in [1.54, 1.807) is 0 Å². The van der Waals surface area contributed by atoms with Gasteiger partial charge in [-0.1, -0.05) is 0 Å². The average molecular weight is 260 g/mol. The van der Waals surface area contributed by atoms with Crippen molar-refractivity contribution >= 4 is 11.6 Å². The standard InChI is InChI=1S/C15H20N2O2/c16-7-8-19-13-4-5-14-12(9-13)3-6-15(18)17(14)10-11-1-2-11/h4-5,9,11H,1-3,6-8,10,16H2. The quantitative estimate of drug-likeness (QED) is 0.877. The van der Waals surface area contributed by atoms with Crippen LogP contribution in [0.3, 0.4) is 0 Å². The van der Waals surface area contributed by atoms with Gasteiger partial charge in [0.2, 0.25) is 5.91 Å². The molecule has 1 aromatic rings. The first kappa shape index (κ1) is 12.5. The molecule has 0 spiro atoms. The number of hydrogen-bond acceptors (Lipinski definition) is 3. The van der Waals surface area contributed by atoms with E-state index >= 15 is 0 Å². The topological polar surface area (TPSA) is 55.6 Å². The molecule has 4 nitrogen and oxygen atoms in total. The second-order valence-corrected chi connectivity index (χ2v) is 5.38. The van der Waals surface area contributed by atoms with E-state index < -0.39 is 0 Å². The Balaban J connectivity index is 1.81. The molecule has 3 rings (SSSR count). The zero-order valence-electron chi connectivity index (χ0n) is 11.1. The molecule has 0 saturated heterocycles. The molecule has 1 aliphatic carbocycles. The molecule has 19 heavy (non-hydrogen) atoms. The van der Waals surface area contributed by atoms with Crippen LogP contribution in [0.4, 0.5) is 5.69 Å². The number of anilines is 1. The molecule has 1 saturated carbocycles. The van der Waals surface area contributed by atoms with Gasteiger partial charge in [0.1, 0.15) is 12.4 Å². The highest BCUT2D eigenvalue weighted by molar-refractivity contribution is 5.96. The van der Waals surface area contributed by atoms with Gasteiger partial charge in [0.15, 0.2) is 0 Å². The Hall–Kier alpha value is -1.55. The fourth-order valence-corrected chi connectivity index (χ4v) is 2.56. The molecule has 1 amide bonds. The number of aryl methyl sites for hydroxylation is 1. The first-order valence-corrected chi connectivity index (χ1v) is 7.04. The number of nitrogens with zero attached hydrogens (tertiary/aromatic N) is 1. The Morgan fingerprint density at radius 1 is 1.32 bits per heavy atom. The van der Waals surface area contributed by atoms with Crippen molar-refractivity contribution in [1.82, 2.24) is 0 Å². The molecule has 1 fully saturated rings. The third-order valence-electron chi connectivity index (χ3n) is 3.78. The van der Waals surface area contributed by atoms with Crippen molar-refractivity contribution in [1.29, 1.82) is 0 Å². The van der Waals surface area contributed by atoms with Gasteiger partial charge in [-0.2, -0.15) is 0 Å². The Labute approximate surface area is 113 Å². The van der Waals surface area contributed by atoms with Gasteiger partial charge in [-0.3, -0.25) is 4.79 Å². The van der Waals surface area contributed by atoms with E-state index in [9.17, 15) is 4.79 Å². The van der Waals surface area contributed by atoms with Gasteiger partial charge in [0.25, 0.3) is 0 Å². The summed E-state index contributed by atoms with van der Waals surface area (Å²) in [7, 11) is 0. The van der Waals surface area contributed by atoms with E-state index in [1.165, 1.54) is 18.4 Å². The summed E-state index contributed by atoms with van der Waals surface area (Å²) < 4.78 is 5.55. The Morgan fingerprint density at radius 3 is 2.89 bits per heavy atom. The molecular formula is C15H20N2O2. The Morgan fingerprint density at radius 2 is 2.16 bits per heavy atom. The summed E-state index contributed by atoms with van der Waals surface area (Å²) in [5.41, 5.74) is 7.73. The molecular weight excluding hydrogens is 240 g/mol. The van der Waals surface area contributed by atoms with Gasteiger partial charge in [-0.05, 0) is 48.9 Å². The molecule has 1 aliphatic heterocycles. The van der Waals surface area contributed by atoms with E-state index in [0.29, 0.717) is 25.5 Å². The highest BCUT2D eigenvalue weighted by Gasteiger charge is 2.30. The van der Waals surface area contributed by atoms with Crippen LogP contribution in [-0.4, -0.2) is 25.6 Å². The number of amides is 1. The highest BCUT2D eigenvalue weighted by Crippen LogP contribution is 2.36. The molecule has 2 N–H and O–H groups in total. The molecule has 2 aliphatic rings. The lowest BCUT2D eigenvalue weighted by Crippen LogP contribution is -2.36. The monoisotopic (exact) mass is 260 g/mol. The SMILES string of the molecule is NCCOc1ccc2c(c1)CCC(=O)N2CC1CC1. The number of fused-ring (bicyclic) bond motifs is 1. The number of benzene rings is 1. The third kappa shape index (κ3) is 2.73. The van der Waals surface area contributed by atoms with Crippen LogP contribution >= 0.6 is 0 Å². The van der Waals surface area contributed by atoms with E-state index in [4.69, 9.17) is 10.5 Å². The zero-order valence-corrected chi connectivity index (χ0v) is 11.1. The number of hydrogen-bond donors (Lipinski definition) is 1. The second kappa shape index (κ2) is 5.21. The molecule has 0 unspecified atom stereocenters. The lowest BCUT2D eigenvalue weighted by atomic mass is 10.0. The second-order valence-electron chi connectivity index (χ2n) is 5.38. The van der Waals surface area contributed by atoms with Crippen LogP contribution in [0.5, 0.6) is 5.75 Å². The van der Waals surface area contributed by atoms with E-state index in [2.05, 4.69) is 6.07 Å². The number of rotatable bonds is 5. The largest absolute Gasteiger partial charge is 0.492 e. The maximum Gasteiger partial charge on any atom is 0.227 e. The van der Waals surface area contributed by atoms with E-state index in [1.807, 2.05) is 17.0 Å². The zero-order chi connectivity index (χ0) is 13.2. The summed E-state index contributed by atoms with van der Waals surface area (Å²) in [6.45, 7) is 1.93. The lowest BCUT2D eigenvalue weighted by Gasteiger charge is -2.29. The maximum atomic E-state index is 12.1. The predicted octanol–water partition coefficient (Wildman–Crippen LogP) is 1.71. The minimum Gasteiger partial charge on any atom is -0.492 e. The van der Waals surface area contributed by atoms with Gasteiger partial charge in [-0.25, -0.2) is 0 Å². The lowest BCUT2D eigenvalue weighted by molar-refractivity contribution is -0.118. The summed E-state index contributed by atoms with van der Waals surface area (Å²) in [5, 5.41) is 0. The van der Waals surface area contributed by atoms with Gasteiger partial charge < -0.3 is 15.4 Å². The summed E-state index contributed by atoms with van der Waals surface area (Å²) >= 11 is 0. The minimum absolute atomic E-state index is 0.259. The molecule has 0 atom stereocenters. The Kier molecular flexibility index (Phi) is 3.42. The van der Waals surface area contributed by atoms with Crippen LogP contribution in [0.1, 0.15) is 24.8 Å². The van der Waals surface area contributed by atoms with Crippen LogP contribution in [0.2, 0.25) is 0 Å². The number of ether oxygens (including phenoxy) is 1. The average Bonchev–Trinajstić information content (AvgIpc) is 3.23. The van der Waals surface area contributed by atoms with E-state index in [-0.39, 0.29) is 5.91 Å². The van der Waals surface area contributed by atoms with Crippen LogP contribution < -0.4 is 15.4 Å². The summed E-state index contributed by atoms with van der Waals surface area (Å²) in [5.74, 6) is 1.82. The van der Waals surface area contributed by atoms with Crippen LogP contribution in [0, 0.1) is 5.92 Å². The summed E-state index contributed by atoms with van der Waals surface area (Å²) in [6.07, 6.45) is 3.95. The summed E-state index contributed by atoms with van der Waals surface area (Å²) in [6, 6.07) is 6.00. The molecule has 1 heterocycles. The van der Waals surface area contributed by atoms with Gasteiger partial charge in [0.05, 0.1) is 0 Å².